The summed E-state index contributed by atoms with van der Waals surface area (Å²) in [5, 5.41) is 0. The summed E-state index contributed by atoms with van der Waals surface area (Å²) < 4.78 is 5.72. The van der Waals surface area contributed by atoms with E-state index in [0.717, 1.165) is 17.5 Å². The smallest absolute Gasteiger partial charge is 0.238 e. The van der Waals surface area contributed by atoms with Gasteiger partial charge in [0.05, 0.1) is 17.5 Å². The van der Waals surface area contributed by atoms with Crippen LogP contribution in [0.1, 0.15) is 16.8 Å². The fraction of sp³-hybridized carbons (Fsp3) is 0.258. The number of ether oxygens (including phenoxy) is 1. The number of allylic oxidation sites excluding steroid dienone is 2. The highest BCUT2D eigenvalue weighted by Crippen LogP contribution is 2.65. The van der Waals surface area contributed by atoms with E-state index in [2.05, 4.69) is 12.2 Å². The molecule has 2 saturated carbocycles. The van der Waals surface area contributed by atoms with Crippen LogP contribution in [-0.4, -0.2) is 24.2 Å². The monoisotopic (exact) mass is 475 g/mol. The Morgan fingerprint density at radius 3 is 1.94 bits per heavy atom. The number of ketones is 1. The zero-order valence-electron chi connectivity index (χ0n) is 19.6. The summed E-state index contributed by atoms with van der Waals surface area (Å²) in [5.41, 5.74) is 3.31. The lowest BCUT2D eigenvalue weighted by molar-refractivity contribution is -0.124. The fourth-order valence-electron chi connectivity index (χ4n) is 6.61. The lowest BCUT2D eigenvalue weighted by atomic mass is 9.63. The lowest BCUT2D eigenvalue weighted by Crippen LogP contribution is -2.40. The summed E-state index contributed by atoms with van der Waals surface area (Å²) in [6.45, 7) is -0.0897. The number of hydrogen-bond donors (Lipinski definition) is 0. The first-order chi connectivity index (χ1) is 17.6. The Balaban J connectivity index is 1.01. The van der Waals surface area contributed by atoms with Crippen molar-refractivity contribution >= 4 is 23.3 Å². The molecule has 5 heteroatoms. The van der Waals surface area contributed by atoms with Gasteiger partial charge in [-0.2, -0.15) is 0 Å². The molecule has 1 heterocycles. The van der Waals surface area contributed by atoms with Crippen molar-refractivity contribution in [3.05, 3.63) is 96.6 Å². The number of rotatable bonds is 6. The number of anilines is 1. The highest BCUT2D eigenvalue weighted by atomic mass is 16.5. The minimum absolute atomic E-state index is 0.0718. The molecule has 3 fully saturated rings. The van der Waals surface area contributed by atoms with Crippen LogP contribution < -0.4 is 9.64 Å². The van der Waals surface area contributed by atoms with Crippen LogP contribution in [0, 0.1) is 35.5 Å². The molecule has 0 aromatic heterocycles. The quantitative estimate of drug-likeness (QED) is 0.280. The molecule has 4 aliphatic carbocycles. The van der Waals surface area contributed by atoms with Crippen molar-refractivity contribution in [3.8, 4) is 16.9 Å². The van der Waals surface area contributed by atoms with Gasteiger partial charge in [0.15, 0.2) is 12.4 Å². The van der Waals surface area contributed by atoms with Gasteiger partial charge >= 0.3 is 0 Å². The van der Waals surface area contributed by atoms with Gasteiger partial charge in [-0.25, -0.2) is 0 Å². The third-order valence-electron chi connectivity index (χ3n) is 8.44. The third-order valence-corrected chi connectivity index (χ3v) is 8.44. The molecular weight excluding hydrogens is 450 g/mol. The molecule has 0 N–H and O–H groups in total. The SMILES string of the molecule is O=C(COc1ccc(N2C(=O)[C@@H]3[C@H]4C=C[C@@H]([C@@H]5C[C@@H]45)[C@@H]3C2=O)cc1)c1ccc(-c2ccccc2)cc1. The number of carbonyl (C=O) groups is 3. The highest BCUT2D eigenvalue weighted by molar-refractivity contribution is 6.22. The molecule has 0 spiro atoms. The molecule has 8 rings (SSSR count). The molecule has 3 aromatic carbocycles. The molecule has 5 aliphatic rings. The molecule has 1 saturated heterocycles. The Bertz CT molecular complexity index is 1360. The average molecular weight is 476 g/mol. The van der Waals surface area contributed by atoms with E-state index in [1.165, 1.54) is 4.90 Å². The van der Waals surface area contributed by atoms with E-state index < -0.39 is 0 Å². The first-order valence-electron chi connectivity index (χ1n) is 12.6. The number of hydrogen-bond acceptors (Lipinski definition) is 4. The summed E-state index contributed by atoms with van der Waals surface area (Å²) >= 11 is 0. The number of carbonyl (C=O) groups excluding carboxylic acids is 3. The van der Waals surface area contributed by atoms with E-state index in [1.54, 1.807) is 24.3 Å². The summed E-state index contributed by atoms with van der Waals surface area (Å²) in [4.78, 5) is 40.6. The predicted octanol–water partition coefficient (Wildman–Crippen LogP) is 5.17. The Hall–Kier alpha value is -3.99. The van der Waals surface area contributed by atoms with Crippen LogP contribution in [0.4, 0.5) is 5.69 Å². The van der Waals surface area contributed by atoms with E-state index in [4.69, 9.17) is 4.74 Å². The first kappa shape index (κ1) is 21.3. The van der Waals surface area contributed by atoms with Gasteiger partial charge in [-0.3, -0.25) is 19.3 Å². The number of Topliss-reactive ketones (excluding diaryl/α,β-unsaturated/α-hetero) is 1. The maximum Gasteiger partial charge on any atom is 0.238 e. The van der Waals surface area contributed by atoms with Crippen molar-refractivity contribution in [1.29, 1.82) is 0 Å². The van der Waals surface area contributed by atoms with Gasteiger partial charge in [-0.1, -0.05) is 66.7 Å². The van der Waals surface area contributed by atoms with Crippen molar-refractivity contribution in [2.24, 2.45) is 35.5 Å². The van der Waals surface area contributed by atoms with Crippen LogP contribution in [0.3, 0.4) is 0 Å². The zero-order chi connectivity index (χ0) is 24.4. The average Bonchev–Trinajstić information content (AvgIpc) is 3.71. The molecule has 5 nitrogen and oxygen atoms in total. The second-order valence-electron chi connectivity index (χ2n) is 10.3. The number of amides is 2. The minimum atomic E-state index is -0.210. The van der Waals surface area contributed by atoms with Crippen LogP contribution in [0.25, 0.3) is 11.1 Å². The first-order valence-corrected chi connectivity index (χ1v) is 12.6. The largest absolute Gasteiger partial charge is 0.485 e. The summed E-state index contributed by atoms with van der Waals surface area (Å²) in [6, 6.07) is 24.4. The molecule has 6 atom stereocenters. The molecule has 2 amide bonds. The highest BCUT2D eigenvalue weighted by Gasteiger charge is 2.67. The van der Waals surface area contributed by atoms with E-state index in [-0.39, 0.29) is 47.9 Å². The van der Waals surface area contributed by atoms with E-state index >= 15 is 0 Å². The Morgan fingerprint density at radius 1 is 0.750 bits per heavy atom. The van der Waals surface area contributed by atoms with E-state index in [1.807, 2.05) is 54.6 Å². The van der Waals surface area contributed by atoms with Crippen LogP contribution in [0.5, 0.6) is 5.75 Å². The van der Waals surface area contributed by atoms with Crippen molar-refractivity contribution in [3.63, 3.8) is 0 Å². The third kappa shape index (κ3) is 3.26. The summed E-state index contributed by atoms with van der Waals surface area (Å²) in [7, 11) is 0. The van der Waals surface area contributed by atoms with Gasteiger partial charge in [0.2, 0.25) is 11.8 Å². The maximum atomic E-state index is 13.3. The van der Waals surface area contributed by atoms with Crippen molar-refractivity contribution in [2.75, 3.05) is 11.5 Å². The van der Waals surface area contributed by atoms with Crippen molar-refractivity contribution < 1.29 is 19.1 Å². The van der Waals surface area contributed by atoms with Gasteiger partial charge in [0, 0.05) is 5.56 Å². The standard InChI is InChI=1S/C31H25NO4/c33-27(20-8-6-19(7-9-20)18-4-2-1-3-5-18)17-36-22-12-10-21(11-13-22)32-30(34)28-23-14-15-24(26-16-25(23)26)29(28)31(32)35/h1-15,23-26,28-29H,16-17H2/t23-,24-,25-,26-,28-,29+/m0/s1. The van der Waals surface area contributed by atoms with Gasteiger partial charge in [-0.05, 0) is 65.5 Å². The van der Waals surface area contributed by atoms with Crippen LogP contribution in [-0.2, 0) is 9.59 Å². The molecule has 0 unspecified atom stereocenters. The molecule has 0 radical (unpaired) electrons. The lowest BCUT2D eigenvalue weighted by Gasteiger charge is -2.37. The summed E-state index contributed by atoms with van der Waals surface area (Å²) in [5.74, 6) is 1.43. The van der Waals surface area contributed by atoms with Crippen LogP contribution in [0.2, 0.25) is 0 Å². The van der Waals surface area contributed by atoms with Gasteiger partial charge < -0.3 is 4.74 Å². The second-order valence-corrected chi connectivity index (χ2v) is 10.3. The van der Waals surface area contributed by atoms with Crippen LogP contribution >= 0.6 is 0 Å². The zero-order valence-corrected chi connectivity index (χ0v) is 19.6. The number of benzene rings is 3. The van der Waals surface area contributed by atoms with E-state index in [9.17, 15) is 14.4 Å². The maximum absolute atomic E-state index is 13.3. The molecule has 2 bridgehead atoms. The predicted molar refractivity (Wildman–Crippen MR) is 135 cm³/mol. The second kappa shape index (κ2) is 8.02. The van der Waals surface area contributed by atoms with Crippen molar-refractivity contribution in [1.82, 2.24) is 0 Å². The van der Waals surface area contributed by atoms with E-state index in [0.29, 0.717) is 28.8 Å². The number of nitrogens with zero attached hydrogens (tertiary/aromatic N) is 1. The Morgan fingerprint density at radius 2 is 1.33 bits per heavy atom. The topological polar surface area (TPSA) is 63.7 Å². The van der Waals surface area contributed by atoms with Gasteiger partial charge in [-0.15, -0.1) is 0 Å². The van der Waals surface area contributed by atoms with Crippen molar-refractivity contribution in [2.45, 2.75) is 6.42 Å². The van der Waals surface area contributed by atoms with Crippen LogP contribution in [0.15, 0.2) is 91.0 Å². The van der Waals surface area contributed by atoms with Gasteiger partial charge in [0.25, 0.3) is 0 Å². The molecule has 36 heavy (non-hydrogen) atoms. The van der Waals surface area contributed by atoms with Gasteiger partial charge in [0.1, 0.15) is 5.75 Å². The number of imide groups is 1. The molecule has 1 aliphatic heterocycles. The molecule has 3 aromatic rings. The normalized spacial score (nSPS) is 29.2. The fourth-order valence-corrected chi connectivity index (χ4v) is 6.61. The summed E-state index contributed by atoms with van der Waals surface area (Å²) in [6.07, 6.45) is 5.51. The molecule has 178 valence electrons. The Kier molecular flexibility index (Phi) is 4.75. The Labute approximate surface area is 209 Å². The molecular formula is C31H25NO4. The minimum Gasteiger partial charge on any atom is -0.485 e.